The Kier molecular flexibility index (Phi) is 4.19. The number of para-hydroxylation sites is 1. The maximum absolute atomic E-state index is 12.6. The second kappa shape index (κ2) is 6.39. The molecule has 1 fully saturated rings. The van der Waals surface area contributed by atoms with Gasteiger partial charge in [0.2, 0.25) is 0 Å². The van der Waals surface area contributed by atoms with E-state index in [2.05, 4.69) is 22.0 Å². The molecule has 0 aliphatic carbocycles. The van der Waals surface area contributed by atoms with Crippen molar-refractivity contribution in [2.45, 2.75) is 18.9 Å². The molecule has 0 radical (unpaired) electrons. The number of rotatable bonds is 3. The molecule has 2 aliphatic rings. The van der Waals surface area contributed by atoms with E-state index < -0.39 is 9.84 Å². The van der Waals surface area contributed by atoms with Crippen molar-refractivity contribution in [3.63, 3.8) is 0 Å². The highest BCUT2D eigenvalue weighted by Gasteiger charge is 2.33. The van der Waals surface area contributed by atoms with Gasteiger partial charge in [0.1, 0.15) is 5.69 Å². The van der Waals surface area contributed by atoms with Gasteiger partial charge in [0, 0.05) is 25.3 Å². The monoisotopic (exact) mass is 371 g/mol. The number of hydrogen-bond acceptors (Lipinski definition) is 5. The summed E-state index contributed by atoms with van der Waals surface area (Å²) in [5.41, 5.74) is 3.79. The highest BCUT2D eigenvalue weighted by atomic mass is 32.2. The summed E-state index contributed by atoms with van der Waals surface area (Å²) in [5, 5.41) is 0. The predicted molar refractivity (Wildman–Crippen MR) is 101 cm³/mol. The Hall–Kier alpha value is -2.41. The highest BCUT2D eigenvalue weighted by molar-refractivity contribution is 7.91. The van der Waals surface area contributed by atoms with Crippen LogP contribution in [0, 0.1) is 0 Å². The van der Waals surface area contributed by atoms with E-state index in [9.17, 15) is 13.2 Å². The Morgan fingerprint density at radius 3 is 2.73 bits per heavy atom. The lowest BCUT2D eigenvalue weighted by atomic mass is 10.2. The number of anilines is 2. The van der Waals surface area contributed by atoms with Gasteiger partial charge in [0.05, 0.1) is 23.4 Å². The van der Waals surface area contributed by atoms with Gasteiger partial charge in [-0.1, -0.05) is 18.2 Å². The van der Waals surface area contributed by atoms with E-state index in [0.717, 1.165) is 18.7 Å². The number of benzene rings is 1. The molecule has 26 heavy (non-hydrogen) atoms. The summed E-state index contributed by atoms with van der Waals surface area (Å²) < 4.78 is 23.3. The standard InChI is InChI=1S/C19H21N3O3S/c1-21(16-9-11-26(24,25)13-16)19(23)17-7-6-15(12-20-17)22-10-8-14-4-2-3-5-18(14)22/h2-7,12,16H,8-11,13H2,1H3. The fourth-order valence-electron chi connectivity index (χ4n) is 3.71. The van der Waals surface area contributed by atoms with Gasteiger partial charge in [0.15, 0.2) is 9.84 Å². The Labute approximate surface area is 153 Å². The Bertz CT molecular complexity index is 941. The van der Waals surface area contributed by atoms with Gasteiger partial charge in [-0.25, -0.2) is 13.4 Å². The molecule has 1 amide bonds. The third kappa shape index (κ3) is 3.07. The van der Waals surface area contributed by atoms with E-state index in [4.69, 9.17) is 0 Å². The number of sulfone groups is 1. The quantitative estimate of drug-likeness (QED) is 0.826. The fraction of sp³-hybridized carbons (Fsp3) is 0.368. The minimum atomic E-state index is -3.02. The van der Waals surface area contributed by atoms with Crippen LogP contribution in [0.1, 0.15) is 22.5 Å². The topological polar surface area (TPSA) is 70.6 Å². The first-order valence-corrected chi connectivity index (χ1v) is 10.6. The van der Waals surface area contributed by atoms with E-state index in [1.54, 1.807) is 19.3 Å². The zero-order chi connectivity index (χ0) is 18.3. The summed E-state index contributed by atoms with van der Waals surface area (Å²) >= 11 is 0. The third-order valence-corrected chi connectivity index (χ3v) is 6.99. The fourth-order valence-corrected chi connectivity index (χ4v) is 5.48. The van der Waals surface area contributed by atoms with Gasteiger partial charge in [-0.3, -0.25) is 4.79 Å². The molecular formula is C19H21N3O3S. The minimum Gasteiger partial charge on any atom is -0.340 e. The molecule has 1 aromatic heterocycles. The van der Waals surface area contributed by atoms with E-state index >= 15 is 0 Å². The predicted octanol–water partition coefficient (Wildman–Crippen LogP) is 2.03. The third-order valence-electron chi connectivity index (χ3n) is 5.24. The number of carbonyl (C=O) groups is 1. The van der Waals surface area contributed by atoms with Gasteiger partial charge in [-0.05, 0) is 36.6 Å². The zero-order valence-electron chi connectivity index (χ0n) is 14.6. The number of fused-ring (bicyclic) bond motifs is 1. The molecule has 2 aromatic rings. The van der Waals surface area contributed by atoms with Gasteiger partial charge in [-0.2, -0.15) is 0 Å². The van der Waals surface area contributed by atoms with Crippen molar-refractivity contribution in [1.29, 1.82) is 0 Å². The number of amides is 1. The van der Waals surface area contributed by atoms with Crippen LogP contribution >= 0.6 is 0 Å². The normalized spacial score (nSPS) is 20.8. The largest absolute Gasteiger partial charge is 0.340 e. The molecule has 0 bridgehead atoms. The van der Waals surface area contributed by atoms with Gasteiger partial charge in [0.25, 0.3) is 5.91 Å². The molecule has 0 spiro atoms. The molecule has 0 N–H and O–H groups in total. The number of pyridine rings is 1. The first-order valence-electron chi connectivity index (χ1n) is 8.74. The first-order chi connectivity index (χ1) is 12.4. The SMILES string of the molecule is CN(C(=O)c1ccc(N2CCc3ccccc32)cn1)C1CCS(=O)(=O)C1. The molecule has 7 heteroatoms. The second-order valence-electron chi connectivity index (χ2n) is 6.90. The maximum Gasteiger partial charge on any atom is 0.272 e. The Morgan fingerprint density at radius 1 is 1.23 bits per heavy atom. The van der Waals surface area contributed by atoms with Crippen LogP contribution in [0.25, 0.3) is 0 Å². The van der Waals surface area contributed by atoms with Crippen molar-refractivity contribution in [3.05, 3.63) is 53.9 Å². The lowest BCUT2D eigenvalue weighted by Gasteiger charge is -2.23. The van der Waals surface area contributed by atoms with E-state index in [0.29, 0.717) is 12.1 Å². The summed E-state index contributed by atoms with van der Waals surface area (Å²) in [6.45, 7) is 0.897. The molecule has 3 heterocycles. The van der Waals surface area contributed by atoms with E-state index in [-0.39, 0.29) is 23.5 Å². The number of nitrogens with zero attached hydrogens (tertiary/aromatic N) is 3. The Balaban J connectivity index is 1.51. The molecule has 1 aromatic carbocycles. The van der Waals surface area contributed by atoms with Crippen LogP contribution in [0.4, 0.5) is 11.4 Å². The molecule has 0 saturated carbocycles. The lowest BCUT2D eigenvalue weighted by Crippen LogP contribution is -2.38. The van der Waals surface area contributed by atoms with Crippen LogP contribution in [-0.4, -0.2) is 55.3 Å². The van der Waals surface area contributed by atoms with Crippen LogP contribution < -0.4 is 4.90 Å². The molecule has 1 atom stereocenters. The number of hydrogen-bond donors (Lipinski definition) is 0. The zero-order valence-corrected chi connectivity index (χ0v) is 15.4. The van der Waals surface area contributed by atoms with Crippen LogP contribution in [0.2, 0.25) is 0 Å². The minimum absolute atomic E-state index is 0.0396. The average Bonchev–Trinajstić information content (AvgIpc) is 3.24. The van der Waals surface area contributed by atoms with E-state index in [1.807, 2.05) is 18.2 Å². The summed E-state index contributed by atoms with van der Waals surface area (Å²) in [5.74, 6) is -0.0473. The molecular weight excluding hydrogens is 350 g/mol. The van der Waals surface area contributed by atoms with Crippen molar-refractivity contribution in [2.24, 2.45) is 0 Å². The van der Waals surface area contributed by atoms with Crippen molar-refractivity contribution in [1.82, 2.24) is 9.88 Å². The smallest absolute Gasteiger partial charge is 0.272 e. The summed E-state index contributed by atoms with van der Waals surface area (Å²) in [6, 6.07) is 11.6. The van der Waals surface area contributed by atoms with Gasteiger partial charge < -0.3 is 9.80 Å². The number of aromatic nitrogens is 1. The molecule has 6 nitrogen and oxygen atoms in total. The van der Waals surface area contributed by atoms with Crippen LogP contribution in [0.3, 0.4) is 0 Å². The van der Waals surface area contributed by atoms with Crippen LogP contribution in [0.5, 0.6) is 0 Å². The van der Waals surface area contributed by atoms with Crippen LogP contribution in [0.15, 0.2) is 42.6 Å². The molecule has 4 rings (SSSR count). The molecule has 136 valence electrons. The average molecular weight is 371 g/mol. The summed E-state index contributed by atoms with van der Waals surface area (Å²) in [6.07, 6.45) is 3.21. The summed E-state index contributed by atoms with van der Waals surface area (Å²) in [4.78, 5) is 20.7. The highest BCUT2D eigenvalue weighted by Crippen LogP contribution is 2.33. The first kappa shape index (κ1) is 17.0. The molecule has 1 saturated heterocycles. The lowest BCUT2D eigenvalue weighted by molar-refractivity contribution is 0.0742. The maximum atomic E-state index is 12.6. The second-order valence-corrected chi connectivity index (χ2v) is 9.13. The van der Waals surface area contributed by atoms with Crippen molar-refractivity contribution < 1.29 is 13.2 Å². The Morgan fingerprint density at radius 2 is 2.04 bits per heavy atom. The van der Waals surface area contributed by atoms with Crippen LogP contribution in [-0.2, 0) is 16.3 Å². The van der Waals surface area contributed by atoms with Crippen molar-refractivity contribution in [3.8, 4) is 0 Å². The van der Waals surface area contributed by atoms with Crippen molar-refractivity contribution in [2.75, 3.05) is 30.0 Å². The van der Waals surface area contributed by atoms with E-state index in [1.165, 1.54) is 16.2 Å². The van der Waals surface area contributed by atoms with Crippen molar-refractivity contribution >= 4 is 27.1 Å². The number of carbonyl (C=O) groups excluding carboxylic acids is 1. The molecule has 1 unspecified atom stereocenters. The van der Waals surface area contributed by atoms with Gasteiger partial charge in [-0.15, -0.1) is 0 Å². The summed E-state index contributed by atoms with van der Waals surface area (Å²) in [7, 11) is -1.37. The molecule has 2 aliphatic heterocycles. The van der Waals surface area contributed by atoms with Gasteiger partial charge >= 0.3 is 0 Å².